The molecule has 3 N–H and O–H groups in total. The van der Waals surface area contributed by atoms with Gasteiger partial charge < -0.3 is 25.6 Å². The standard InChI is InChI=1S/C17H35N5O2.HI/c1-5-18-15(20-11-14-22-12-7-6-8-13-22)19-9-10-21-16(23)24-17(2,3)4;/h5-14H2,1-4H3,(H,21,23)(H2,18,19,20);1H. The number of ether oxygens (including phenoxy) is 1. The van der Waals surface area contributed by atoms with Crippen molar-refractivity contribution in [2.24, 2.45) is 4.99 Å². The molecule has 148 valence electrons. The van der Waals surface area contributed by atoms with Crippen LogP contribution in [0.5, 0.6) is 0 Å². The Kier molecular flexibility index (Phi) is 13.0. The lowest BCUT2D eigenvalue weighted by Crippen LogP contribution is -2.43. The first-order valence-electron chi connectivity index (χ1n) is 9.12. The van der Waals surface area contributed by atoms with E-state index in [1.165, 1.54) is 32.4 Å². The summed E-state index contributed by atoms with van der Waals surface area (Å²) in [6, 6.07) is 0. The van der Waals surface area contributed by atoms with Gasteiger partial charge >= 0.3 is 6.09 Å². The first-order chi connectivity index (χ1) is 11.4. The molecular weight excluding hydrogens is 433 g/mol. The lowest BCUT2D eigenvalue weighted by molar-refractivity contribution is 0.0529. The number of halogens is 1. The lowest BCUT2D eigenvalue weighted by Gasteiger charge is -2.25. The van der Waals surface area contributed by atoms with Gasteiger partial charge in [0, 0.05) is 26.2 Å². The molecular formula is C17H36IN5O2. The fourth-order valence-corrected chi connectivity index (χ4v) is 2.49. The molecule has 0 aromatic heterocycles. The maximum Gasteiger partial charge on any atom is 0.407 e. The van der Waals surface area contributed by atoms with Gasteiger partial charge in [-0.3, -0.25) is 4.99 Å². The fraction of sp³-hybridized carbons (Fsp3) is 0.882. The number of likely N-dealkylation sites (tertiary alicyclic amines) is 1. The van der Waals surface area contributed by atoms with Crippen molar-refractivity contribution >= 4 is 36.0 Å². The minimum atomic E-state index is -0.470. The molecule has 0 spiro atoms. The number of rotatable bonds is 7. The van der Waals surface area contributed by atoms with Gasteiger partial charge in [-0.15, -0.1) is 24.0 Å². The van der Waals surface area contributed by atoms with Crippen LogP contribution in [0.15, 0.2) is 4.99 Å². The van der Waals surface area contributed by atoms with E-state index in [1.54, 1.807) is 0 Å². The summed E-state index contributed by atoms with van der Waals surface area (Å²) in [5, 5.41) is 9.18. The van der Waals surface area contributed by atoms with E-state index in [0.717, 1.165) is 25.6 Å². The molecule has 1 fully saturated rings. The number of carbonyl (C=O) groups excluding carboxylic acids is 1. The molecule has 1 saturated heterocycles. The molecule has 8 heteroatoms. The van der Waals surface area contributed by atoms with Gasteiger partial charge in [0.15, 0.2) is 5.96 Å². The molecule has 0 bridgehead atoms. The number of guanidine groups is 1. The Bertz CT molecular complexity index is 393. The molecule has 1 heterocycles. The second-order valence-electron chi connectivity index (χ2n) is 7.02. The van der Waals surface area contributed by atoms with Crippen LogP contribution >= 0.6 is 24.0 Å². The zero-order valence-corrected chi connectivity index (χ0v) is 18.5. The van der Waals surface area contributed by atoms with Crippen molar-refractivity contribution in [3.8, 4) is 0 Å². The SMILES string of the molecule is CCNC(=NCCN1CCCCC1)NCCNC(=O)OC(C)(C)C.I. The van der Waals surface area contributed by atoms with Crippen molar-refractivity contribution in [2.45, 2.75) is 52.6 Å². The van der Waals surface area contributed by atoms with Crippen molar-refractivity contribution in [1.82, 2.24) is 20.9 Å². The highest BCUT2D eigenvalue weighted by Gasteiger charge is 2.15. The summed E-state index contributed by atoms with van der Waals surface area (Å²) in [5.41, 5.74) is -0.470. The van der Waals surface area contributed by atoms with E-state index in [1.807, 2.05) is 27.7 Å². The predicted octanol–water partition coefficient (Wildman–Crippen LogP) is 2.17. The van der Waals surface area contributed by atoms with Crippen LogP contribution in [0, 0.1) is 0 Å². The van der Waals surface area contributed by atoms with Gasteiger partial charge in [0.25, 0.3) is 0 Å². The van der Waals surface area contributed by atoms with Crippen LogP contribution in [0.1, 0.15) is 47.0 Å². The average molecular weight is 469 g/mol. The van der Waals surface area contributed by atoms with E-state index in [-0.39, 0.29) is 24.0 Å². The number of amides is 1. The molecule has 7 nitrogen and oxygen atoms in total. The molecule has 0 radical (unpaired) electrons. The maximum atomic E-state index is 11.6. The number of piperidine rings is 1. The Balaban J connectivity index is 0.00000576. The van der Waals surface area contributed by atoms with Gasteiger partial charge in [0.1, 0.15) is 5.60 Å². The van der Waals surface area contributed by atoms with Crippen LogP contribution in [-0.4, -0.2) is 68.4 Å². The third-order valence-electron chi connectivity index (χ3n) is 3.56. The highest BCUT2D eigenvalue weighted by Crippen LogP contribution is 2.07. The number of hydrogen-bond acceptors (Lipinski definition) is 4. The largest absolute Gasteiger partial charge is 0.444 e. The number of hydrogen-bond donors (Lipinski definition) is 3. The lowest BCUT2D eigenvalue weighted by atomic mass is 10.1. The smallest absolute Gasteiger partial charge is 0.407 e. The summed E-state index contributed by atoms with van der Waals surface area (Å²) in [5.74, 6) is 0.792. The van der Waals surface area contributed by atoms with Gasteiger partial charge in [-0.2, -0.15) is 0 Å². The molecule has 1 aliphatic rings. The zero-order chi connectivity index (χ0) is 17.8. The fourth-order valence-electron chi connectivity index (χ4n) is 2.49. The minimum absolute atomic E-state index is 0. The van der Waals surface area contributed by atoms with E-state index >= 15 is 0 Å². The van der Waals surface area contributed by atoms with Crippen molar-refractivity contribution in [3.63, 3.8) is 0 Å². The average Bonchev–Trinajstić information content (AvgIpc) is 2.51. The normalized spacial score (nSPS) is 15.9. The van der Waals surface area contributed by atoms with Crippen LogP contribution in [-0.2, 0) is 4.74 Å². The Morgan fingerprint density at radius 2 is 1.72 bits per heavy atom. The van der Waals surface area contributed by atoms with Crippen molar-refractivity contribution in [2.75, 3.05) is 45.8 Å². The third-order valence-corrected chi connectivity index (χ3v) is 3.56. The Morgan fingerprint density at radius 1 is 1.08 bits per heavy atom. The molecule has 1 amide bonds. The van der Waals surface area contributed by atoms with Crippen LogP contribution in [0.25, 0.3) is 0 Å². The molecule has 1 aliphatic heterocycles. The van der Waals surface area contributed by atoms with E-state index in [2.05, 4.69) is 25.8 Å². The van der Waals surface area contributed by atoms with Crippen LogP contribution in [0.2, 0.25) is 0 Å². The summed E-state index contributed by atoms with van der Waals surface area (Å²) in [7, 11) is 0. The first kappa shape index (κ1) is 24.2. The molecule has 1 rings (SSSR count). The van der Waals surface area contributed by atoms with Crippen LogP contribution < -0.4 is 16.0 Å². The van der Waals surface area contributed by atoms with E-state index in [4.69, 9.17) is 4.74 Å². The van der Waals surface area contributed by atoms with E-state index in [9.17, 15) is 4.79 Å². The molecule has 0 saturated carbocycles. The summed E-state index contributed by atoms with van der Waals surface area (Å²) in [6.07, 6.45) is 3.57. The summed E-state index contributed by atoms with van der Waals surface area (Å²) >= 11 is 0. The highest BCUT2D eigenvalue weighted by molar-refractivity contribution is 14.0. The monoisotopic (exact) mass is 469 g/mol. The predicted molar refractivity (Wildman–Crippen MR) is 114 cm³/mol. The quantitative estimate of drug-likeness (QED) is 0.231. The van der Waals surface area contributed by atoms with Gasteiger partial charge in [0.05, 0.1) is 6.54 Å². The summed E-state index contributed by atoms with van der Waals surface area (Å²) in [4.78, 5) is 18.6. The second kappa shape index (κ2) is 13.4. The Labute approximate surface area is 169 Å². The third kappa shape index (κ3) is 13.1. The molecule has 0 aromatic carbocycles. The number of nitrogens with zero attached hydrogens (tertiary/aromatic N) is 2. The van der Waals surface area contributed by atoms with Crippen molar-refractivity contribution in [3.05, 3.63) is 0 Å². The van der Waals surface area contributed by atoms with Gasteiger partial charge in [-0.05, 0) is 53.6 Å². The van der Waals surface area contributed by atoms with Gasteiger partial charge in [-0.25, -0.2) is 4.79 Å². The first-order valence-corrected chi connectivity index (χ1v) is 9.12. The number of aliphatic imine (C=N–C) groups is 1. The van der Waals surface area contributed by atoms with Crippen LogP contribution in [0.3, 0.4) is 0 Å². The maximum absolute atomic E-state index is 11.6. The zero-order valence-electron chi connectivity index (χ0n) is 16.2. The summed E-state index contributed by atoms with van der Waals surface area (Å²) < 4.78 is 5.20. The molecule has 0 aliphatic carbocycles. The van der Waals surface area contributed by atoms with Gasteiger partial charge in [-0.1, -0.05) is 6.42 Å². The topological polar surface area (TPSA) is 78.0 Å². The van der Waals surface area contributed by atoms with Crippen LogP contribution in [0.4, 0.5) is 4.79 Å². The molecule has 0 unspecified atom stereocenters. The highest BCUT2D eigenvalue weighted by atomic mass is 127. The van der Waals surface area contributed by atoms with E-state index < -0.39 is 11.7 Å². The number of carbonyl (C=O) groups is 1. The number of nitrogens with one attached hydrogen (secondary N) is 3. The van der Waals surface area contributed by atoms with E-state index in [0.29, 0.717) is 13.1 Å². The summed E-state index contributed by atoms with van der Waals surface area (Å²) in [6.45, 7) is 13.7. The molecule has 0 aromatic rings. The molecule has 0 atom stereocenters. The second-order valence-corrected chi connectivity index (χ2v) is 7.02. The number of alkyl carbamates (subject to hydrolysis) is 1. The molecule has 25 heavy (non-hydrogen) atoms. The minimum Gasteiger partial charge on any atom is -0.444 e. The van der Waals surface area contributed by atoms with Crippen molar-refractivity contribution in [1.29, 1.82) is 0 Å². The van der Waals surface area contributed by atoms with Crippen molar-refractivity contribution < 1.29 is 9.53 Å². The van der Waals surface area contributed by atoms with Gasteiger partial charge in [0.2, 0.25) is 0 Å². The Morgan fingerprint density at radius 3 is 2.32 bits per heavy atom. The Hall–Kier alpha value is -0.770.